The Balaban J connectivity index is 2.00. The summed E-state index contributed by atoms with van der Waals surface area (Å²) in [6.07, 6.45) is 0.487. The number of carboxylic acid groups (broad SMARTS) is 1. The number of nitrogens with zero attached hydrogens (tertiary/aromatic N) is 1. The highest BCUT2D eigenvalue weighted by atomic mass is 16.5. The standard InChI is InChI=1S/C17H24N2O5/c1-3-24-14-6-4-12(5-7-14)15(11-23-2)18-17(22)19-9-8-13(10-19)16(20)21/h4-7,13,15H,3,8-11H2,1-2H3,(H,18,22)(H,20,21). The molecule has 0 saturated carbocycles. The fourth-order valence-corrected chi connectivity index (χ4v) is 2.74. The number of hydrogen-bond acceptors (Lipinski definition) is 4. The minimum absolute atomic E-state index is 0.240. The maximum absolute atomic E-state index is 12.4. The maximum atomic E-state index is 12.4. The lowest BCUT2D eigenvalue weighted by molar-refractivity contribution is -0.141. The molecule has 1 aromatic carbocycles. The summed E-state index contributed by atoms with van der Waals surface area (Å²) in [6.45, 7) is 3.53. The molecule has 0 bridgehead atoms. The van der Waals surface area contributed by atoms with Gasteiger partial charge < -0.3 is 24.8 Å². The zero-order valence-electron chi connectivity index (χ0n) is 14.0. The van der Waals surface area contributed by atoms with Crippen molar-refractivity contribution in [1.29, 1.82) is 0 Å². The summed E-state index contributed by atoms with van der Waals surface area (Å²) in [5.41, 5.74) is 0.905. The Labute approximate surface area is 141 Å². The second kappa shape index (κ2) is 8.54. The van der Waals surface area contributed by atoms with Gasteiger partial charge in [0.2, 0.25) is 0 Å². The average molecular weight is 336 g/mol. The molecule has 7 heteroatoms. The van der Waals surface area contributed by atoms with Crippen molar-refractivity contribution in [1.82, 2.24) is 10.2 Å². The highest BCUT2D eigenvalue weighted by molar-refractivity contribution is 5.77. The van der Waals surface area contributed by atoms with Crippen LogP contribution in [0, 0.1) is 5.92 Å². The van der Waals surface area contributed by atoms with E-state index < -0.39 is 11.9 Å². The highest BCUT2D eigenvalue weighted by Gasteiger charge is 2.31. The van der Waals surface area contributed by atoms with Crippen LogP contribution in [-0.2, 0) is 9.53 Å². The third-order valence-corrected chi connectivity index (χ3v) is 4.05. The first-order valence-electron chi connectivity index (χ1n) is 8.05. The lowest BCUT2D eigenvalue weighted by Gasteiger charge is -2.23. The number of nitrogens with one attached hydrogen (secondary N) is 1. The number of amides is 2. The molecular weight excluding hydrogens is 312 g/mol. The van der Waals surface area contributed by atoms with Gasteiger partial charge in [-0.15, -0.1) is 0 Å². The predicted octanol–water partition coefficient (Wildman–Crippen LogP) is 1.89. The van der Waals surface area contributed by atoms with Crippen LogP contribution in [0.15, 0.2) is 24.3 Å². The van der Waals surface area contributed by atoms with Crippen LogP contribution in [-0.4, -0.2) is 55.4 Å². The van der Waals surface area contributed by atoms with E-state index in [-0.39, 0.29) is 18.6 Å². The van der Waals surface area contributed by atoms with Crippen LogP contribution in [0.5, 0.6) is 5.75 Å². The Hall–Kier alpha value is -2.28. The molecule has 2 rings (SSSR count). The molecule has 1 aliphatic heterocycles. The van der Waals surface area contributed by atoms with Gasteiger partial charge in [0.25, 0.3) is 0 Å². The number of ether oxygens (including phenoxy) is 2. The Bertz CT molecular complexity index is 561. The van der Waals surface area contributed by atoms with Crippen molar-refractivity contribution in [3.63, 3.8) is 0 Å². The van der Waals surface area contributed by atoms with Crippen LogP contribution in [0.3, 0.4) is 0 Å². The van der Waals surface area contributed by atoms with Crippen molar-refractivity contribution >= 4 is 12.0 Å². The van der Waals surface area contributed by atoms with E-state index in [0.717, 1.165) is 11.3 Å². The van der Waals surface area contributed by atoms with E-state index >= 15 is 0 Å². The molecule has 0 aliphatic carbocycles. The number of likely N-dealkylation sites (tertiary alicyclic amines) is 1. The van der Waals surface area contributed by atoms with Gasteiger partial charge in [-0.2, -0.15) is 0 Å². The third-order valence-electron chi connectivity index (χ3n) is 4.05. The molecule has 1 heterocycles. The Morgan fingerprint density at radius 1 is 1.38 bits per heavy atom. The number of hydrogen-bond donors (Lipinski definition) is 2. The molecule has 1 saturated heterocycles. The number of rotatable bonds is 7. The minimum atomic E-state index is -0.856. The summed E-state index contributed by atoms with van der Waals surface area (Å²) in [6, 6.07) is 6.91. The summed E-state index contributed by atoms with van der Waals surface area (Å²) in [5.74, 6) is -0.569. The fourth-order valence-electron chi connectivity index (χ4n) is 2.74. The Morgan fingerprint density at radius 2 is 2.08 bits per heavy atom. The first-order chi connectivity index (χ1) is 11.5. The minimum Gasteiger partial charge on any atom is -0.494 e. The number of aliphatic carboxylic acids is 1. The van der Waals surface area contributed by atoms with Gasteiger partial charge in [-0.1, -0.05) is 12.1 Å². The van der Waals surface area contributed by atoms with E-state index in [9.17, 15) is 9.59 Å². The topological polar surface area (TPSA) is 88.1 Å². The lowest BCUT2D eigenvalue weighted by Crippen LogP contribution is -2.42. The number of benzene rings is 1. The van der Waals surface area contributed by atoms with Crippen LogP contribution in [0.25, 0.3) is 0 Å². The zero-order valence-corrected chi connectivity index (χ0v) is 14.0. The van der Waals surface area contributed by atoms with E-state index in [1.54, 1.807) is 7.11 Å². The van der Waals surface area contributed by atoms with Gasteiger partial charge in [0.05, 0.1) is 25.2 Å². The van der Waals surface area contributed by atoms with Crippen molar-refractivity contribution in [2.24, 2.45) is 5.92 Å². The van der Waals surface area contributed by atoms with Crippen molar-refractivity contribution in [2.75, 3.05) is 33.4 Å². The fraction of sp³-hybridized carbons (Fsp3) is 0.529. The molecule has 7 nitrogen and oxygen atoms in total. The van der Waals surface area contributed by atoms with Crippen molar-refractivity contribution < 1.29 is 24.2 Å². The number of urea groups is 1. The largest absolute Gasteiger partial charge is 0.494 e. The second-order valence-electron chi connectivity index (χ2n) is 5.73. The lowest BCUT2D eigenvalue weighted by atomic mass is 10.1. The van der Waals surface area contributed by atoms with Crippen molar-refractivity contribution in [3.8, 4) is 5.75 Å². The van der Waals surface area contributed by atoms with Crippen LogP contribution in [0.1, 0.15) is 24.9 Å². The molecule has 24 heavy (non-hydrogen) atoms. The van der Waals surface area contributed by atoms with Gasteiger partial charge in [0.15, 0.2) is 0 Å². The number of methoxy groups -OCH3 is 1. The van der Waals surface area contributed by atoms with E-state index in [2.05, 4.69) is 5.32 Å². The molecule has 2 N–H and O–H groups in total. The van der Waals surface area contributed by atoms with Gasteiger partial charge in [0.1, 0.15) is 5.75 Å². The van der Waals surface area contributed by atoms with Crippen LogP contribution < -0.4 is 10.1 Å². The SMILES string of the molecule is CCOc1ccc(C(COC)NC(=O)N2CCC(C(=O)O)C2)cc1. The van der Waals surface area contributed by atoms with Crippen LogP contribution >= 0.6 is 0 Å². The smallest absolute Gasteiger partial charge is 0.317 e. The molecular formula is C17H24N2O5. The van der Waals surface area contributed by atoms with Gasteiger partial charge in [-0.25, -0.2) is 4.79 Å². The van der Waals surface area contributed by atoms with Gasteiger partial charge in [-0.3, -0.25) is 4.79 Å². The Morgan fingerprint density at radius 3 is 2.62 bits per heavy atom. The van der Waals surface area contributed by atoms with E-state index in [0.29, 0.717) is 26.2 Å². The van der Waals surface area contributed by atoms with E-state index in [1.807, 2.05) is 31.2 Å². The quantitative estimate of drug-likeness (QED) is 0.794. The van der Waals surface area contributed by atoms with Crippen molar-refractivity contribution in [3.05, 3.63) is 29.8 Å². The van der Waals surface area contributed by atoms with E-state index in [1.165, 1.54) is 4.90 Å². The summed E-state index contributed by atoms with van der Waals surface area (Å²) in [5, 5.41) is 12.0. The highest BCUT2D eigenvalue weighted by Crippen LogP contribution is 2.20. The second-order valence-corrected chi connectivity index (χ2v) is 5.73. The predicted molar refractivity (Wildman–Crippen MR) is 88.1 cm³/mol. The first kappa shape index (κ1) is 18.1. The molecule has 2 amide bonds. The maximum Gasteiger partial charge on any atom is 0.317 e. The summed E-state index contributed by atoms with van der Waals surface area (Å²) < 4.78 is 10.6. The molecule has 1 aliphatic rings. The number of carbonyl (C=O) groups is 2. The normalized spacial score (nSPS) is 18.2. The number of carboxylic acids is 1. The average Bonchev–Trinajstić information content (AvgIpc) is 3.06. The molecule has 0 spiro atoms. The summed E-state index contributed by atoms with van der Waals surface area (Å²) in [7, 11) is 1.57. The zero-order chi connectivity index (χ0) is 17.5. The molecule has 0 aromatic heterocycles. The van der Waals surface area contributed by atoms with Gasteiger partial charge >= 0.3 is 12.0 Å². The first-order valence-corrected chi connectivity index (χ1v) is 8.05. The van der Waals surface area contributed by atoms with Gasteiger partial charge in [0, 0.05) is 20.2 Å². The molecule has 1 fully saturated rings. The summed E-state index contributed by atoms with van der Waals surface area (Å²) >= 11 is 0. The molecule has 132 valence electrons. The molecule has 2 unspecified atom stereocenters. The van der Waals surface area contributed by atoms with Crippen LogP contribution in [0.2, 0.25) is 0 Å². The monoisotopic (exact) mass is 336 g/mol. The molecule has 0 radical (unpaired) electrons. The number of carbonyl (C=O) groups excluding carboxylic acids is 1. The van der Waals surface area contributed by atoms with E-state index in [4.69, 9.17) is 14.6 Å². The van der Waals surface area contributed by atoms with Gasteiger partial charge in [-0.05, 0) is 31.0 Å². The van der Waals surface area contributed by atoms with Crippen molar-refractivity contribution in [2.45, 2.75) is 19.4 Å². The molecule has 2 atom stereocenters. The Kier molecular flexibility index (Phi) is 6.43. The summed E-state index contributed by atoms with van der Waals surface area (Å²) in [4.78, 5) is 24.9. The molecule has 1 aromatic rings. The van der Waals surface area contributed by atoms with Crippen LogP contribution in [0.4, 0.5) is 4.79 Å². The third kappa shape index (κ3) is 4.61.